The predicted molar refractivity (Wildman–Crippen MR) is 68.4 cm³/mol. The minimum atomic E-state index is -4.45. The Labute approximate surface area is 111 Å². The molecule has 0 spiro atoms. The van der Waals surface area contributed by atoms with Crippen molar-refractivity contribution in [2.45, 2.75) is 4.21 Å². The van der Waals surface area contributed by atoms with Crippen LogP contribution in [0.3, 0.4) is 0 Å². The molecule has 0 unspecified atom stereocenters. The maximum absolute atomic E-state index is 11.2. The van der Waals surface area contributed by atoms with Crippen LogP contribution in [0.2, 0.25) is 0 Å². The molecule has 0 radical (unpaired) electrons. The summed E-state index contributed by atoms with van der Waals surface area (Å²) in [6.07, 6.45) is 0. The summed E-state index contributed by atoms with van der Waals surface area (Å²) in [5, 5.41) is 10.5. The van der Waals surface area contributed by atoms with Crippen molar-refractivity contribution in [1.29, 1.82) is 0 Å². The highest BCUT2D eigenvalue weighted by atomic mass is 32.3. The Bertz CT molecular complexity index is 736. The van der Waals surface area contributed by atoms with Crippen molar-refractivity contribution in [1.82, 2.24) is 4.98 Å². The van der Waals surface area contributed by atoms with Gasteiger partial charge >= 0.3 is 10.1 Å². The zero-order valence-corrected chi connectivity index (χ0v) is 10.8. The van der Waals surface area contributed by atoms with E-state index in [2.05, 4.69) is 4.98 Å². The summed E-state index contributed by atoms with van der Waals surface area (Å²) in [6.45, 7) is 0. The Balaban J connectivity index is 2.56. The van der Waals surface area contributed by atoms with E-state index in [1.54, 1.807) is 0 Å². The number of nitrogen functional groups attached to an aromatic ring is 1. The number of anilines is 1. The highest BCUT2D eigenvalue weighted by Crippen LogP contribution is 2.33. The Morgan fingerprint density at radius 1 is 1.32 bits per heavy atom. The van der Waals surface area contributed by atoms with Gasteiger partial charge < -0.3 is 5.73 Å². The summed E-state index contributed by atoms with van der Waals surface area (Å²) in [5.41, 5.74) is 5.56. The molecule has 2 aromatic rings. The van der Waals surface area contributed by atoms with Gasteiger partial charge in [-0.2, -0.15) is 8.42 Å². The van der Waals surface area contributed by atoms with Gasteiger partial charge in [-0.3, -0.25) is 14.7 Å². The van der Waals surface area contributed by atoms with Gasteiger partial charge in [0.2, 0.25) is 0 Å². The Kier molecular flexibility index (Phi) is 3.22. The molecule has 0 aliphatic carbocycles. The van der Waals surface area contributed by atoms with Crippen molar-refractivity contribution in [3.63, 3.8) is 0 Å². The fraction of sp³-hybridized carbons (Fsp3) is 0. The summed E-state index contributed by atoms with van der Waals surface area (Å²) in [4.78, 5) is 13.7. The number of thiazole rings is 1. The number of hydrogen-bond acceptors (Lipinski definition) is 7. The SMILES string of the molecule is Nc1nc(-c2ccc([N+](=O)[O-])cc2)c(S(=O)(=O)O)s1. The number of nitrogens with two attached hydrogens (primary N) is 1. The average Bonchev–Trinajstić information content (AvgIpc) is 2.71. The predicted octanol–water partition coefficient (Wildman–Crippen LogP) is 1.55. The van der Waals surface area contributed by atoms with E-state index in [1.165, 1.54) is 24.3 Å². The third-order valence-electron chi connectivity index (χ3n) is 2.20. The van der Waals surface area contributed by atoms with Gasteiger partial charge in [-0.25, -0.2) is 4.98 Å². The molecule has 19 heavy (non-hydrogen) atoms. The van der Waals surface area contributed by atoms with E-state index >= 15 is 0 Å². The van der Waals surface area contributed by atoms with Crippen LogP contribution in [-0.2, 0) is 10.1 Å². The molecule has 3 N–H and O–H groups in total. The number of rotatable bonds is 3. The quantitative estimate of drug-likeness (QED) is 0.498. The second-order valence-electron chi connectivity index (χ2n) is 3.47. The first-order valence-corrected chi connectivity index (χ1v) is 7.03. The molecule has 0 aliphatic heterocycles. The van der Waals surface area contributed by atoms with E-state index in [1.807, 2.05) is 0 Å². The minimum absolute atomic E-state index is 0.0269. The standard InChI is InChI=1S/C9H7N3O5S2/c10-9-11-7(8(18-9)19(15,16)17)5-1-3-6(4-2-5)12(13)14/h1-4H,(H2,10,11)(H,15,16,17). The molecular formula is C9H7N3O5S2. The number of hydrogen-bond donors (Lipinski definition) is 2. The second-order valence-corrected chi connectivity index (χ2v) is 6.11. The van der Waals surface area contributed by atoms with Gasteiger partial charge in [-0.1, -0.05) is 11.3 Å². The molecule has 0 saturated heterocycles. The van der Waals surface area contributed by atoms with Gasteiger partial charge in [0, 0.05) is 17.7 Å². The van der Waals surface area contributed by atoms with Crippen molar-refractivity contribution in [2.24, 2.45) is 0 Å². The Morgan fingerprint density at radius 2 is 1.89 bits per heavy atom. The monoisotopic (exact) mass is 301 g/mol. The maximum atomic E-state index is 11.2. The lowest BCUT2D eigenvalue weighted by Crippen LogP contribution is -1.97. The van der Waals surface area contributed by atoms with Crippen LogP contribution in [-0.4, -0.2) is 22.9 Å². The number of nitrogens with zero attached hydrogens (tertiary/aromatic N) is 2. The molecule has 0 bridgehead atoms. The highest BCUT2D eigenvalue weighted by molar-refractivity contribution is 7.88. The van der Waals surface area contributed by atoms with Gasteiger partial charge in [0.05, 0.1) is 4.92 Å². The minimum Gasteiger partial charge on any atom is -0.375 e. The molecule has 0 saturated carbocycles. The zero-order chi connectivity index (χ0) is 14.2. The van der Waals surface area contributed by atoms with Crippen molar-refractivity contribution in [3.8, 4) is 11.3 Å². The first kappa shape index (κ1) is 13.4. The van der Waals surface area contributed by atoms with Crippen molar-refractivity contribution < 1.29 is 17.9 Å². The second kappa shape index (κ2) is 4.57. The maximum Gasteiger partial charge on any atom is 0.306 e. The van der Waals surface area contributed by atoms with Gasteiger partial charge in [-0.05, 0) is 12.1 Å². The number of benzene rings is 1. The van der Waals surface area contributed by atoms with Gasteiger partial charge in [0.1, 0.15) is 5.69 Å². The van der Waals surface area contributed by atoms with Crippen LogP contribution < -0.4 is 5.73 Å². The molecule has 100 valence electrons. The Morgan fingerprint density at radius 3 is 2.37 bits per heavy atom. The van der Waals surface area contributed by atoms with E-state index in [9.17, 15) is 18.5 Å². The smallest absolute Gasteiger partial charge is 0.306 e. The largest absolute Gasteiger partial charge is 0.375 e. The molecular weight excluding hydrogens is 294 g/mol. The molecule has 0 atom stereocenters. The zero-order valence-electron chi connectivity index (χ0n) is 9.18. The fourth-order valence-electron chi connectivity index (χ4n) is 1.42. The summed E-state index contributed by atoms with van der Waals surface area (Å²) < 4.78 is 31.0. The molecule has 0 fully saturated rings. The van der Waals surface area contributed by atoms with Crippen LogP contribution in [0.25, 0.3) is 11.3 Å². The topological polar surface area (TPSA) is 136 Å². The Hall–Kier alpha value is -2.04. The number of aromatic nitrogens is 1. The van der Waals surface area contributed by atoms with Crippen LogP contribution in [0.5, 0.6) is 0 Å². The molecule has 2 rings (SSSR count). The first-order chi connectivity index (χ1) is 8.79. The van der Waals surface area contributed by atoms with E-state index in [-0.39, 0.29) is 20.7 Å². The molecule has 1 aromatic heterocycles. The first-order valence-electron chi connectivity index (χ1n) is 4.77. The molecule has 10 heteroatoms. The molecule has 0 aliphatic rings. The molecule has 8 nitrogen and oxygen atoms in total. The van der Waals surface area contributed by atoms with E-state index < -0.39 is 15.0 Å². The molecule has 1 heterocycles. The molecule has 0 amide bonds. The lowest BCUT2D eigenvalue weighted by Gasteiger charge is -1.99. The third-order valence-corrected chi connectivity index (χ3v) is 4.42. The van der Waals surface area contributed by atoms with Gasteiger partial charge in [0.15, 0.2) is 9.34 Å². The number of nitro benzene ring substituents is 1. The van der Waals surface area contributed by atoms with Gasteiger partial charge in [0.25, 0.3) is 5.69 Å². The van der Waals surface area contributed by atoms with Crippen LogP contribution >= 0.6 is 11.3 Å². The van der Waals surface area contributed by atoms with Crippen molar-refractivity contribution in [3.05, 3.63) is 34.4 Å². The fourth-order valence-corrected chi connectivity index (χ4v) is 3.09. The number of nitro groups is 1. The van der Waals surface area contributed by atoms with Crippen molar-refractivity contribution >= 4 is 32.3 Å². The van der Waals surface area contributed by atoms with Crippen molar-refractivity contribution in [2.75, 3.05) is 5.73 Å². The number of non-ortho nitro benzene ring substituents is 1. The lowest BCUT2D eigenvalue weighted by atomic mass is 10.1. The van der Waals surface area contributed by atoms with Crippen LogP contribution in [0, 0.1) is 10.1 Å². The van der Waals surface area contributed by atoms with E-state index in [0.29, 0.717) is 16.9 Å². The summed E-state index contributed by atoms with van der Waals surface area (Å²) in [7, 11) is -4.45. The summed E-state index contributed by atoms with van der Waals surface area (Å²) in [6, 6.07) is 5.08. The normalized spacial score (nSPS) is 11.4. The third kappa shape index (κ3) is 2.70. The van der Waals surface area contributed by atoms with Crippen LogP contribution in [0.1, 0.15) is 0 Å². The summed E-state index contributed by atoms with van der Waals surface area (Å²) in [5.74, 6) is 0. The average molecular weight is 301 g/mol. The van der Waals surface area contributed by atoms with Crippen LogP contribution in [0.4, 0.5) is 10.8 Å². The van der Waals surface area contributed by atoms with Gasteiger partial charge in [-0.15, -0.1) is 0 Å². The highest BCUT2D eigenvalue weighted by Gasteiger charge is 2.22. The lowest BCUT2D eigenvalue weighted by molar-refractivity contribution is -0.384. The van der Waals surface area contributed by atoms with E-state index in [4.69, 9.17) is 10.3 Å². The summed E-state index contributed by atoms with van der Waals surface area (Å²) >= 11 is 0.621. The van der Waals surface area contributed by atoms with E-state index in [0.717, 1.165) is 0 Å². The molecule has 1 aromatic carbocycles. The van der Waals surface area contributed by atoms with Crippen LogP contribution in [0.15, 0.2) is 28.5 Å².